The smallest absolute Gasteiger partial charge is 0.126 e. The van der Waals surface area contributed by atoms with Gasteiger partial charge in [0.1, 0.15) is 11.9 Å². The molecule has 2 nitrogen and oxygen atoms in total. The topological polar surface area (TPSA) is 12.5 Å². The lowest BCUT2D eigenvalue weighted by Crippen LogP contribution is -2.48. The quantitative estimate of drug-likeness (QED) is 0.760. The van der Waals surface area contributed by atoms with Gasteiger partial charge in [-0.1, -0.05) is 24.4 Å². The molecule has 0 amide bonds. The summed E-state index contributed by atoms with van der Waals surface area (Å²) in [7, 11) is 0. The molecule has 1 aliphatic heterocycles. The second-order valence-electron chi connectivity index (χ2n) is 3.07. The van der Waals surface area contributed by atoms with E-state index in [9.17, 15) is 0 Å². The molecule has 0 spiro atoms. The van der Waals surface area contributed by atoms with Gasteiger partial charge in [0.05, 0.1) is 0 Å². The Morgan fingerprint density at radius 1 is 1.31 bits per heavy atom. The van der Waals surface area contributed by atoms with E-state index < -0.39 is 0 Å². The highest BCUT2D eigenvalue weighted by Crippen LogP contribution is 2.20. The molecule has 0 aromatic heterocycles. The van der Waals surface area contributed by atoms with Crippen LogP contribution in [0.2, 0.25) is 5.02 Å². The average molecular weight is 216 g/mol. The predicted molar refractivity (Wildman–Crippen MR) is 56.4 cm³/mol. The Bertz CT molecular complexity index is 284. The van der Waals surface area contributed by atoms with Crippen LogP contribution in [0.1, 0.15) is 0 Å². The minimum absolute atomic E-state index is 0.277. The van der Waals surface area contributed by atoms with Crippen LogP contribution in [-0.2, 0) is 0 Å². The molecule has 0 unspecified atom stereocenters. The Labute approximate surface area is 88.0 Å². The molecule has 0 N–H and O–H groups in total. The molecule has 0 bridgehead atoms. The van der Waals surface area contributed by atoms with E-state index in [1.54, 1.807) is 0 Å². The molecule has 70 valence electrons. The third-order valence-corrected chi connectivity index (χ3v) is 2.52. The molecule has 4 heteroatoms. The Morgan fingerprint density at radius 2 is 1.92 bits per heavy atom. The molecule has 0 saturated carbocycles. The van der Waals surface area contributed by atoms with Crippen LogP contribution in [0.5, 0.6) is 5.75 Å². The van der Waals surface area contributed by atoms with Crippen LogP contribution >= 0.6 is 24.4 Å². The summed E-state index contributed by atoms with van der Waals surface area (Å²) in [4.78, 5) is 0. The number of hydrogen-bond donors (Lipinski definition) is 1. The zero-order chi connectivity index (χ0) is 9.26. The summed E-state index contributed by atoms with van der Waals surface area (Å²) in [6.45, 7) is 1.76. The molecule has 1 aliphatic rings. The summed E-state index contributed by atoms with van der Waals surface area (Å²) >= 11 is 9.90. The van der Waals surface area contributed by atoms with Gasteiger partial charge < -0.3 is 4.74 Å². The molecule has 2 rings (SSSR count). The molecule has 1 aromatic rings. The van der Waals surface area contributed by atoms with Gasteiger partial charge in [-0.15, -0.1) is 0 Å². The molecule has 0 radical (unpaired) electrons. The maximum absolute atomic E-state index is 5.74. The SMILES string of the molecule is SN1CC(Oc2ccc(Cl)cc2)C1. The van der Waals surface area contributed by atoms with Crippen LogP contribution in [0, 0.1) is 0 Å². The lowest BCUT2D eigenvalue weighted by atomic mass is 10.2. The van der Waals surface area contributed by atoms with Crippen molar-refractivity contribution in [2.24, 2.45) is 0 Å². The van der Waals surface area contributed by atoms with Crippen LogP contribution in [0.4, 0.5) is 0 Å². The molecular formula is C9H10ClNOS. The minimum atomic E-state index is 0.277. The van der Waals surface area contributed by atoms with Crippen molar-refractivity contribution < 1.29 is 4.74 Å². The maximum atomic E-state index is 5.74. The third-order valence-electron chi connectivity index (χ3n) is 1.95. The standard InChI is InChI=1S/C9H10ClNOS/c10-7-1-3-8(4-2-7)12-9-5-11(13)6-9/h1-4,9,13H,5-6H2. The summed E-state index contributed by atoms with van der Waals surface area (Å²) in [6, 6.07) is 7.41. The molecule has 0 atom stereocenters. The zero-order valence-corrected chi connectivity index (χ0v) is 8.63. The first kappa shape index (κ1) is 9.19. The second kappa shape index (κ2) is 3.78. The van der Waals surface area contributed by atoms with E-state index in [0.29, 0.717) is 0 Å². The number of thiol groups is 1. The molecular weight excluding hydrogens is 206 g/mol. The minimum Gasteiger partial charge on any atom is -0.488 e. The predicted octanol–water partition coefficient (Wildman–Crippen LogP) is 2.25. The highest BCUT2D eigenvalue weighted by atomic mass is 35.5. The largest absolute Gasteiger partial charge is 0.488 e. The fourth-order valence-corrected chi connectivity index (χ4v) is 1.69. The van der Waals surface area contributed by atoms with Crippen molar-refractivity contribution in [1.82, 2.24) is 4.31 Å². The fourth-order valence-electron chi connectivity index (χ4n) is 1.20. The van der Waals surface area contributed by atoms with Gasteiger partial charge in [0.25, 0.3) is 0 Å². The summed E-state index contributed by atoms with van der Waals surface area (Å²) in [6.07, 6.45) is 0.277. The molecule has 1 heterocycles. The number of nitrogens with zero attached hydrogens (tertiary/aromatic N) is 1. The van der Waals surface area contributed by atoms with Crippen molar-refractivity contribution in [2.75, 3.05) is 13.1 Å². The van der Waals surface area contributed by atoms with E-state index >= 15 is 0 Å². The van der Waals surface area contributed by atoms with E-state index in [-0.39, 0.29) is 6.10 Å². The lowest BCUT2D eigenvalue weighted by molar-refractivity contribution is 0.0852. The van der Waals surface area contributed by atoms with E-state index in [0.717, 1.165) is 23.9 Å². The Kier molecular flexibility index (Phi) is 2.67. The average Bonchev–Trinajstić information content (AvgIpc) is 2.06. The summed E-state index contributed by atoms with van der Waals surface area (Å²) in [5, 5.41) is 0.733. The molecule has 0 aliphatic carbocycles. The van der Waals surface area contributed by atoms with Crippen molar-refractivity contribution in [3.8, 4) is 5.75 Å². The fraction of sp³-hybridized carbons (Fsp3) is 0.333. The van der Waals surface area contributed by atoms with Crippen LogP contribution in [0.25, 0.3) is 0 Å². The van der Waals surface area contributed by atoms with Gasteiger partial charge in [0.15, 0.2) is 0 Å². The summed E-state index contributed by atoms with van der Waals surface area (Å²) in [5.41, 5.74) is 0. The van der Waals surface area contributed by atoms with E-state index in [2.05, 4.69) is 12.8 Å². The number of halogens is 1. The highest BCUT2D eigenvalue weighted by molar-refractivity contribution is 7.77. The third kappa shape index (κ3) is 2.30. The van der Waals surface area contributed by atoms with Crippen LogP contribution in [0.3, 0.4) is 0 Å². The van der Waals surface area contributed by atoms with Gasteiger partial charge in [0.2, 0.25) is 0 Å². The van der Waals surface area contributed by atoms with E-state index in [4.69, 9.17) is 16.3 Å². The number of hydrogen-bond acceptors (Lipinski definition) is 3. The normalized spacial score (nSPS) is 18.3. The number of rotatable bonds is 2. The van der Waals surface area contributed by atoms with Crippen LogP contribution in [-0.4, -0.2) is 23.5 Å². The summed E-state index contributed by atoms with van der Waals surface area (Å²) in [5.74, 6) is 0.871. The van der Waals surface area contributed by atoms with Gasteiger partial charge in [-0.2, -0.15) is 0 Å². The van der Waals surface area contributed by atoms with Crippen molar-refractivity contribution in [3.63, 3.8) is 0 Å². The second-order valence-corrected chi connectivity index (χ2v) is 4.07. The molecule has 1 saturated heterocycles. The van der Waals surface area contributed by atoms with E-state index in [1.807, 2.05) is 28.6 Å². The first-order valence-corrected chi connectivity index (χ1v) is 4.88. The Hall–Kier alpha value is -0.380. The first-order valence-electron chi connectivity index (χ1n) is 4.10. The molecule has 1 aromatic carbocycles. The number of ether oxygens (including phenoxy) is 1. The van der Waals surface area contributed by atoms with Gasteiger partial charge in [-0.25, -0.2) is 4.31 Å². The van der Waals surface area contributed by atoms with Crippen molar-refractivity contribution >= 4 is 24.4 Å². The van der Waals surface area contributed by atoms with Crippen molar-refractivity contribution in [2.45, 2.75) is 6.10 Å². The molecule has 1 fully saturated rings. The summed E-state index contributed by atoms with van der Waals surface area (Å²) < 4.78 is 7.54. The number of benzene rings is 1. The van der Waals surface area contributed by atoms with Gasteiger partial charge >= 0.3 is 0 Å². The van der Waals surface area contributed by atoms with Crippen molar-refractivity contribution in [1.29, 1.82) is 0 Å². The van der Waals surface area contributed by atoms with Crippen LogP contribution < -0.4 is 4.74 Å². The maximum Gasteiger partial charge on any atom is 0.126 e. The van der Waals surface area contributed by atoms with Gasteiger partial charge in [0, 0.05) is 18.1 Å². The monoisotopic (exact) mass is 215 g/mol. The van der Waals surface area contributed by atoms with Crippen molar-refractivity contribution in [3.05, 3.63) is 29.3 Å². The van der Waals surface area contributed by atoms with E-state index in [1.165, 1.54) is 0 Å². The molecule has 13 heavy (non-hydrogen) atoms. The zero-order valence-electron chi connectivity index (χ0n) is 6.98. The van der Waals surface area contributed by atoms with Gasteiger partial charge in [-0.3, -0.25) is 0 Å². The van der Waals surface area contributed by atoms with Gasteiger partial charge in [-0.05, 0) is 24.3 Å². The lowest BCUT2D eigenvalue weighted by Gasteiger charge is -2.34. The Morgan fingerprint density at radius 3 is 2.46 bits per heavy atom. The Balaban J connectivity index is 1.91. The highest BCUT2D eigenvalue weighted by Gasteiger charge is 2.25. The van der Waals surface area contributed by atoms with Crippen LogP contribution in [0.15, 0.2) is 24.3 Å². The first-order chi connectivity index (χ1) is 6.24.